The molecule has 98 valence electrons. The van der Waals surface area contributed by atoms with Crippen molar-refractivity contribution in [3.05, 3.63) is 71.0 Å². The molecule has 3 heteroatoms. The zero-order chi connectivity index (χ0) is 13.3. The van der Waals surface area contributed by atoms with E-state index in [-0.39, 0.29) is 6.61 Å². The summed E-state index contributed by atoms with van der Waals surface area (Å²) in [6, 6.07) is 20.5. The average Bonchev–Trinajstić information content (AvgIpc) is 2.47. The zero-order valence-corrected chi connectivity index (χ0v) is 12.2. The summed E-state index contributed by atoms with van der Waals surface area (Å²) >= 11 is 3.41. The average molecular weight is 288 g/mol. The van der Waals surface area contributed by atoms with Crippen molar-refractivity contribution in [2.45, 2.75) is 16.2 Å². The van der Waals surface area contributed by atoms with Crippen LogP contribution in [0, 0.1) is 0 Å². The normalized spacial score (nSPS) is 11.5. The van der Waals surface area contributed by atoms with Gasteiger partial charge in [-0.1, -0.05) is 59.9 Å². The molecule has 0 unspecified atom stereocenters. The van der Waals surface area contributed by atoms with Gasteiger partial charge in [0.2, 0.25) is 0 Å². The number of aliphatic hydroxyl groups is 1. The summed E-state index contributed by atoms with van der Waals surface area (Å²) in [5, 5.41) is 11.3. The summed E-state index contributed by atoms with van der Waals surface area (Å²) in [5.74, 6) is 0. The second-order valence-corrected chi connectivity index (χ2v) is 6.05. The highest BCUT2D eigenvalue weighted by atomic mass is 32.2. The van der Waals surface area contributed by atoms with Crippen molar-refractivity contribution >= 4 is 23.5 Å². The predicted octanol–water partition coefficient (Wildman–Crippen LogP) is 4.79. The van der Waals surface area contributed by atoms with E-state index >= 15 is 0 Å². The Hall–Kier alpha value is -1.16. The van der Waals surface area contributed by atoms with Crippen molar-refractivity contribution in [3.63, 3.8) is 0 Å². The molecule has 0 saturated carbocycles. The first-order valence-electron chi connectivity index (χ1n) is 6.13. The third-order valence-electron chi connectivity index (χ3n) is 2.42. The summed E-state index contributed by atoms with van der Waals surface area (Å²) in [6.07, 6.45) is 0.694. The van der Waals surface area contributed by atoms with Crippen LogP contribution in [0.25, 0.3) is 0 Å². The molecule has 0 radical (unpaired) electrons. The van der Waals surface area contributed by atoms with E-state index in [1.807, 2.05) is 36.4 Å². The van der Waals surface area contributed by atoms with E-state index in [4.69, 9.17) is 5.11 Å². The maximum absolute atomic E-state index is 9.15. The Balaban J connectivity index is 2.03. The largest absolute Gasteiger partial charge is 0.396 e. The van der Waals surface area contributed by atoms with E-state index in [1.165, 1.54) is 14.7 Å². The van der Waals surface area contributed by atoms with Crippen LogP contribution in [0.4, 0.5) is 0 Å². The van der Waals surface area contributed by atoms with Gasteiger partial charge in [-0.25, -0.2) is 0 Å². The van der Waals surface area contributed by atoms with Crippen LogP contribution in [0.2, 0.25) is 0 Å². The van der Waals surface area contributed by atoms with Gasteiger partial charge in [-0.05, 0) is 34.6 Å². The molecule has 2 aromatic rings. The van der Waals surface area contributed by atoms with Crippen molar-refractivity contribution < 1.29 is 5.11 Å². The van der Waals surface area contributed by atoms with E-state index in [0.717, 1.165) is 0 Å². The number of aliphatic hydroxyl groups excluding tert-OH is 1. The highest BCUT2D eigenvalue weighted by Gasteiger charge is 2.01. The molecule has 0 aliphatic carbocycles. The van der Waals surface area contributed by atoms with E-state index in [9.17, 15) is 0 Å². The highest BCUT2D eigenvalue weighted by molar-refractivity contribution is 8.06. The van der Waals surface area contributed by atoms with Crippen LogP contribution >= 0.6 is 23.5 Å². The van der Waals surface area contributed by atoms with Gasteiger partial charge < -0.3 is 5.11 Å². The highest BCUT2D eigenvalue weighted by Crippen LogP contribution is 2.32. The molecule has 0 bridgehead atoms. The Bertz CT molecular complexity index is 509. The summed E-state index contributed by atoms with van der Waals surface area (Å²) in [4.78, 5) is 3.60. The Morgan fingerprint density at radius 1 is 0.895 bits per heavy atom. The first kappa shape index (κ1) is 14.3. The van der Waals surface area contributed by atoms with Crippen molar-refractivity contribution in [2.24, 2.45) is 0 Å². The Labute approximate surface area is 122 Å². The first-order valence-corrected chi connectivity index (χ1v) is 7.82. The molecule has 1 nitrogen and oxygen atoms in total. The third-order valence-corrected chi connectivity index (χ3v) is 4.61. The SMILES string of the molecule is OCCC(=CSc1ccccc1)Sc1ccccc1. The second-order valence-electron chi connectivity index (χ2n) is 3.90. The van der Waals surface area contributed by atoms with Crippen LogP contribution in [0.1, 0.15) is 6.42 Å². The number of hydrogen-bond donors (Lipinski definition) is 1. The maximum Gasteiger partial charge on any atom is 0.0476 e. The second kappa shape index (κ2) is 8.10. The minimum atomic E-state index is 0.182. The van der Waals surface area contributed by atoms with E-state index in [1.54, 1.807) is 23.5 Å². The van der Waals surface area contributed by atoms with Gasteiger partial charge >= 0.3 is 0 Å². The van der Waals surface area contributed by atoms with E-state index in [0.29, 0.717) is 6.42 Å². The molecule has 0 amide bonds. The standard InChI is InChI=1S/C16H16OS2/c17-12-11-16(19-15-9-5-2-6-10-15)13-18-14-7-3-1-4-8-14/h1-10,13,17H,11-12H2. The van der Waals surface area contributed by atoms with Crippen LogP contribution in [0.3, 0.4) is 0 Å². The van der Waals surface area contributed by atoms with Gasteiger partial charge in [0.15, 0.2) is 0 Å². The summed E-state index contributed by atoms with van der Waals surface area (Å²) in [6.45, 7) is 0.182. The molecule has 0 heterocycles. The van der Waals surface area contributed by atoms with Crippen LogP contribution in [0.5, 0.6) is 0 Å². The van der Waals surface area contributed by atoms with Crippen LogP contribution < -0.4 is 0 Å². The van der Waals surface area contributed by atoms with Gasteiger partial charge in [0.1, 0.15) is 0 Å². The van der Waals surface area contributed by atoms with Gasteiger partial charge in [-0.2, -0.15) is 0 Å². The molecular formula is C16H16OS2. The Morgan fingerprint density at radius 3 is 2.05 bits per heavy atom. The van der Waals surface area contributed by atoms with Crippen molar-refractivity contribution in [1.82, 2.24) is 0 Å². The van der Waals surface area contributed by atoms with Crippen molar-refractivity contribution in [3.8, 4) is 0 Å². The smallest absolute Gasteiger partial charge is 0.0476 e. The van der Waals surface area contributed by atoms with Crippen LogP contribution in [0.15, 0.2) is 80.8 Å². The molecule has 0 fully saturated rings. The molecule has 0 aliphatic heterocycles. The molecule has 2 aromatic carbocycles. The van der Waals surface area contributed by atoms with E-state index < -0.39 is 0 Å². The summed E-state index contributed by atoms with van der Waals surface area (Å²) in [5.41, 5.74) is 0. The first-order chi connectivity index (χ1) is 9.38. The monoisotopic (exact) mass is 288 g/mol. The molecule has 0 atom stereocenters. The zero-order valence-electron chi connectivity index (χ0n) is 10.5. The van der Waals surface area contributed by atoms with E-state index in [2.05, 4.69) is 29.7 Å². The predicted molar refractivity (Wildman–Crippen MR) is 84.4 cm³/mol. The van der Waals surface area contributed by atoms with Gasteiger partial charge in [-0.15, -0.1) is 0 Å². The fourth-order valence-electron chi connectivity index (χ4n) is 1.52. The molecule has 0 saturated heterocycles. The minimum absolute atomic E-state index is 0.182. The topological polar surface area (TPSA) is 20.2 Å². The molecular weight excluding hydrogens is 272 g/mol. The minimum Gasteiger partial charge on any atom is -0.396 e. The third kappa shape index (κ3) is 5.15. The van der Waals surface area contributed by atoms with Gasteiger partial charge in [-0.3, -0.25) is 0 Å². The lowest BCUT2D eigenvalue weighted by Crippen LogP contribution is -1.84. The van der Waals surface area contributed by atoms with Gasteiger partial charge in [0.25, 0.3) is 0 Å². The van der Waals surface area contributed by atoms with Gasteiger partial charge in [0, 0.05) is 22.8 Å². The Morgan fingerprint density at radius 2 is 1.47 bits per heavy atom. The molecule has 1 N–H and O–H groups in total. The van der Waals surface area contributed by atoms with Crippen molar-refractivity contribution in [1.29, 1.82) is 0 Å². The fraction of sp³-hybridized carbons (Fsp3) is 0.125. The lowest BCUT2D eigenvalue weighted by Gasteiger charge is -2.05. The number of thioether (sulfide) groups is 2. The molecule has 0 spiro atoms. The quantitative estimate of drug-likeness (QED) is 0.771. The number of rotatable bonds is 6. The van der Waals surface area contributed by atoms with Crippen molar-refractivity contribution in [2.75, 3.05) is 6.61 Å². The number of benzene rings is 2. The number of hydrogen-bond acceptors (Lipinski definition) is 3. The Kier molecular flexibility index (Phi) is 6.08. The van der Waals surface area contributed by atoms with Crippen LogP contribution in [-0.2, 0) is 0 Å². The van der Waals surface area contributed by atoms with Gasteiger partial charge in [0.05, 0.1) is 0 Å². The lowest BCUT2D eigenvalue weighted by molar-refractivity contribution is 0.302. The van der Waals surface area contributed by atoms with Crippen LogP contribution in [-0.4, -0.2) is 11.7 Å². The lowest BCUT2D eigenvalue weighted by atomic mass is 10.4. The summed E-state index contributed by atoms with van der Waals surface area (Å²) < 4.78 is 0. The maximum atomic E-state index is 9.15. The molecule has 19 heavy (non-hydrogen) atoms. The molecule has 0 aliphatic rings. The fourth-order valence-corrected chi connectivity index (χ4v) is 3.34. The molecule has 0 aromatic heterocycles. The molecule has 2 rings (SSSR count). The summed E-state index contributed by atoms with van der Waals surface area (Å²) in [7, 11) is 0.